The number of rotatable bonds is 4. The van der Waals surface area contributed by atoms with Crippen molar-refractivity contribution in [1.29, 1.82) is 0 Å². The van der Waals surface area contributed by atoms with Gasteiger partial charge < -0.3 is 4.98 Å². The number of carbonyl (C=O) groups is 1. The second kappa shape index (κ2) is 4.31. The molecule has 0 saturated heterocycles. The maximum atomic E-state index is 12.0. The van der Waals surface area contributed by atoms with Gasteiger partial charge in [0.1, 0.15) is 0 Å². The lowest BCUT2D eigenvalue weighted by Gasteiger charge is -2.04. The van der Waals surface area contributed by atoms with E-state index in [1.165, 1.54) is 17.7 Å². The standard InChI is InChI=1S/C12H16N2O3/c1-3-4-8-5-10(8)14-11(16)9(7(2)15)6-13-12(14)17/h6,8,10H,3-5H2,1-2H3,(H,13,17). The molecule has 1 aliphatic rings. The summed E-state index contributed by atoms with van der Waals surface area (Å²) in [4.78, 5) is 37.3. The normalized spacial score (nSPS) is 22.5. The van der Waals surface area contributed by atoms with Crippen molar-refractivity contribution in [2.24, 2.45) is 5.92 Å². The zero-order chi connectivity index (χ0) is 12.6. The summed E-state index contributed by atoms with van der Waals surface area (Å²) in [7, 11) is 0. The first-order valence-electron chi connectivity index (χ1n) is 5.91. The fourth-order valence-corrected chi connectivity index (χ4v) is 2.27. The molecule has 1 aliphatic carbocycles. The van der Waals surface area contributed by atoms with Crippen LogP contribution in [0.3, 0.4) is 0 Å². The Hall–Kier alpha value is -1.65. The Labute approximate surface area is 98.5 Å². The summed E-state index contributed by atoms with van der Waals surface area (Å²) in [5.41, 5.74) is -0.805. The minimum atomic E-state index is -0.454. The molecule has 92 valence electrons. The van der Waals surface area contributed by atoms with Crippen LogP contribution < -0.4 is 11.2 Å². The Balaban J connectivity index is 2.41. The van der Waals surface area contributed by atoms with Gasteiger partial charge in [-0.2, -0.15) is 0 Å². The van der Waals surface area contributed by atoms with Crippen LogP contribution in [0, 0.1) is 5.92 Å². The highest BCUT2D eigenvalue weighted by atomic mass is 16.2. The van der Waals surface area contributed by atoms with Crippen molar-refractivity contribution in [2.75, 3.05) is 0 Å². The topological polar surface area (TPSA) is 71.9 Å². The summed E-state index contributed by atoms with van der Waals surface area (Å²) < 4.78 is 1.21. The molecule has 5 nitrogen and oxygen atoms in total. The summed E-state index contributed by atoms with van der Waals surface area (Å²) in [6.07, 6.45) is 4.12. The van der Waals surface area contributed by atoms with Gasteiger partial charge in [0.2, 0.25) is 0 Å². The Morgan fingerprint density at radius 1 is 1.53 bits per heavy atom. The lowest BCUT2D eigenvalue weighted by molar-refractivity contribution is 0.101. The molecular formula is C12H16N2O3. The molecule has 17 heavy (non-hydrogen) atoms. The third-order valence-electron chi connectivity index (χ3n) is 3.26. The van der Waals surface area contributed by atoms with Gasteiger partial charge in [0.05, 0.1) is 5.56 Å². The molecule has 2 unspecified atom stereocenters. The van der Waals surface area contributed by atoms with E-state index in [1.807, 2.05) is 0 Å². The fourth-order valence-electron chi connectivity index (χ4n) is 2.27. The van der Waals surface area contributed by atoms with Gasteiger partial charge in [0.25, 0.3) is 5.56 Å². The molecule has 1 N–H and O–H groups in total. The highest BCUT2D eigenvalue weighted by Gasteiger charge is 2.39. The third-order valence-corrected chi connectivity index (χ3v) is 3.26. The van der Waals surface area contributed by atoms with E-state index in [0.29, 0.717) is 5.92 Å². The van der Waals surface area contributed by atoms with E-state index in [-0.39, 0.29) is 17.4 Å². The van der Waals surface area contributed by atoms with Gasteiger partial charge in [-0.25, -0.2) is 4.79 Å². The smallest absolute Gasteiger partial charge is 0.313 e. The van der Waals surface area contributed by atoms with Crippen LogP contribution in [-0.2, 0) is 0 Å². The predicted molar refractivity (Wildman–Crippen MR) is 63.4 cm³/mol. The summed E-state index contributed by atoms with van der Waals surface area (Å²) in [6.45, 7) is 3.41. The first-order valence-corrected chi connectivity index (χ1v) is 5.91. The Bertz CT molecular complexity index is 556. The first kappa shape index (κ1) is 11.8. The lowest BCUT2D eigenvalue weighted by Crippen LogP contribution is -2.37. The van der Waals surface area contributed by atoms with Crippen molar-refractivity contribution in [3.8, 4) is 0 Å². The molecule has 0 aliphatic heterocycles. The molecule has 1 aromatic rings. The van der Waals surface area contributed by atoms with Crippen molar-refractivity contribution < 1.29 is 4.79 Å². The van der Waals surface area contributed by atoms with Crippen LogP contribution in [0.15, 0.2) is 15.8 Å². The molecule has 5 heteroatoms. The van der Waals surface area contributed by atoms with Crippen LogP contribution in [0.4, 0.5) is 0 Å². The van der Waals surface area contributed by atoms with E-state index in [2.05, 4.69) is 11.9 Å². The number of nitrogens with zero attached hydrogens (tertiary/aromatic N) is 1. The van der Waals surface area contributed by atoms with Crippen molar-refractivity contribution >= 4 is 5.78 Å². The second-order valence-corrected chi connectivity index (χ2v) is 4.59. The molecule has 1 heterocycles. The monoisotopic (exact) mass is 236 g/mol. The van der Waals surface area contributed by atoms with E-state index in [1.54, 1.807) is 0 Å². The van der Waals surface area contributed by atoms with E-state index < -0.39 is 11.2 Å². The molecule has 0 bridgehead atoms. The van der Waals surface area contributed by atoms with Gasteiger partial charge in [0.15, 0.2) is 5.78 Å². The van der Waals surface area contributed by atoms with Crippen molar-refractivity contribution in [3.05, 3.63) is 32.6 Å². The summed E-state index contributed by atoms with van der Waals surface area (Å²) in [5, 5.41) is 0. The van der Waals surface area contributed by atoms with Gasteiger partial charge >= 0.3 is 5.69 Å². The lowest BCUT2D eigenvalue weighted by atomic mass is 10.2. The van der Waals surface area contributed by atoms with Crippen LogP contribution in [0.25, 0.3) is 0 Å². The molecule has 1 fully saturated rings. The van der Waals surface area contributed by atoms with Crippen LogP contribution in [0.1, 0.15) is 49.5 Å². The van der Waals surface area contributed by atoms with E-state index in [4.69, 9.17) is 0 Å². The average molecular weight is 236 g/mol. The number of hydrogen-bond donors (Lipinski definition) is 1. The van der Waals surface area contributed by atoms with E-state index in [0.717, 1.165) is 19.3 Å². The molecule has 1 aromatic heterocycles. The summed E-state index contributed by atoms with van der Waals surface area (Å²) in [6, 6.07) is -0.0227. The predicted octanol–water partition coefficient (Wildman–Crippen LogP) is 1.10. The zero-order valence-corrected chi connectivity index (χ0v) is 10.0. The largest absolute Gasteiger partial charge is 0.328 e. The number of hydrogen-bond acceptors (Lipinski definition) is 3. The first-order chi connectivity index (χ1) is 8.06. The molecule has 2 rings (SSSR count). The highest BCUT2D eigenvalue weighted by Crippen LogP contribution is 2.44. The van der Waals surface area contributed by atoms with Crippen molar-refractivity contribution in [3.63, 3.8) is 0 Å². The molecule has 0 spiro atoms. The van der Waals surface area contributed by atoms with E-state index >= 15 is 0 Å². The number of aromatic nitrogens is 2. The van der Waals surface area contributed by atoms with Crippen LogP contribution in [-0.4, -0.2) is 15.3 Å². The Kier molecular flexibility index (Phi) is 3.00. The number of nitrogens with one attached hydrogen (secondary N) is 1. The zero-order valence-electron chi connectivity index (χ0n) is 10.0. The van der Waals surface area contributed by atoms with Gasteiger partial charge in [-0.3, -0.25) is 14.2 Å². The minimum Gasteiger partial charge on any atom is -0.313 e. The Morgan fingerprint density at radius 2 is 2.24 bits per heavy atom. The number of carbonyl (C=O) groups excluding carboxylic acids is 1. The van der Waals surface area contributed by atoms with Crippen molar-refractivity contribution in [2.45, 2.75) is 39.2 Å². The third kappa shape index (κ3) is 2.09. The van der Waals surface area contributed by atoms with Crippen molar-refractivity contribution in [1.82, 2.24) is 9.55 Å². The van der Waals surface area contributed by atoms with Gasteiger partial charge in [-0.1, -0.05) is 13.3 Å². The number of H-pyrrole nitrogens is 1. The molecule has 0 amide bonds. The van der Waals surface area contributed by atoms with Crippen LogP contribution in [0.2, 0.25) is 0 Å². The summed E-state index contributed by atoms with van der Waals surface area (Å²) in [5.74, 6) is 0.0914. The fraction of sp³-hybridized carbons (Fsp3) is 0.583. The van der Waals surface area contributed by atoms with Gasteiger partial charge in [-0.05, 0) is 25.7 Å². The number of Topliss-reactive ketones (excluding diaryl/α,β-unsaturated/α-hetero) is 1. The number of aromatic amines is 1. The quantitative estimate of drug-likeness (QED) is 0.796. The van der Waals surface area contributed by atoms with Crippen LogP contribution in [0.5, 0.6) is 0 Å². The Morgan fingerprint density at radius 3 is 2.82 bits per heavy atom. The minimum absolute atomic E-state index is 0.0227. The van der Waals surface area contributed by atoms with Crippen LogP contribution >= 0.6 is 0 Å². The molecule has 2 atom stereocenters. The molecular weight excluding hydrogens is 220 g/mol. The summed E-state index contributed by atoms with van der Waals surface area (Å²) >= 11 is 0. The van der Waals surface area contributed by atoms with E-state index in [9.17, 15) is 14.4 Å². The second-order valence-electron chi connectivity index (χ2n) is 4.59. The number of ketones is 1. The maximum Gasteiger partial charge on any atom is 0.328 e. The van der Waals surface area contributed by atoms with Gasteiger partial charge in [-0.15, -0.1) is 0 Å². The maximum absolute atomic E-state index is 12.0. The average Bonchev–Trinajstić information content (AvgIpc) is 2.97. The van der Waals surface area contributed by atoms with Gasteiger partial charge in [0, 0.05) is 12.2 Å². The highest BCUT2D eigenvalue weighted by molar-refractivity contribution is 5.93. The molecule has 1 saturated carbocycles. The molecule has 0 aromatic carbocycles. The molecule has 0 radical (unpaired) electrons. The SMILES string of the molecule is CCCC1CC1n1c(=O)[nH]cc(C(C)=O)c1=O.